The minimum atomic E-state index is -3.99. The predicted octanol–water partition coefficient (Wildman–Crippen LogP) is 4.95. The number of anilines is 1. The molecular weight excluding hydrogens is 547 g/mol. The monoisotopic (exact) mass is 576 g/mol. The van der Waals surface area contributed by atoms with Gasteiger partial charge in [-0.2, -0.15) is 0 Å². The summed E-state index contributed by atoms with van der Waals surface area (Å²) < 4.78 is 34.4. The SMILES string of the molecule is CN1CCN(CCCNC(=O)c2cc(Cl)ccc2NS(=O)(=O)c2ccc(Oc3ccccc3Cl)cc2)CC1. The van der Waals surface area contributed by atoms with Crippen molar-refractivity contribution in [1.29, 1.82) is 0 Å². The maximum Gasteiger partial charge on any atom is 0.261 e. The number of carbonyl (C=O) groups excluding carboxylic acids is 1. The average Bonchev–Trinajstić information content (AvgIpc) is 2.90. The van der Waals surface area contributed by atoms with Crippen LogP contribution in [-0.4, -0.2) is 70.4 Å². The van der Waals surface area contributed by atoms with E-state index in [4.69, 9.17) is 27.9 Å². The lowest BCUT2D eigenvalue weighted by atomic mass is 10.1. The molecule has 0 bridgehead atoms. The van der Waals surface area contributed by atoms with E-state index in [2.05, 4.69) is 26.9 Å². The lowest BCUT2D eigenvalue weighted by Crippen LogP contribution is -2.45. The molecule has 0 unspecified atom stereocenters. The largest absolute Gasteiger partial charge is 0.456 e. The topological polar surface area (TPSA) is 91.0 Å². The van der Waals surface area contributed by atoms with Gasteiger partial charge in [0, 0.05) is 37.7 Å². The molecule has 1 saturated heterocycles. The molecule has 0 spiro atoms. The van der Waals surface area contributed by atoms with Crippen LogP contribution in [0.25, 0.3) is 0 Å². The van der Waals surface area contributed by atoms with Crippen LogP contribution in [0.2, 0.25) is 10.0 Å². The number of ether oxygens (including phenoxy) is 1. The van der Waals surface area contributed by atoms with Crippen molar-refractivity contribution in [2.75, 3.05) is 51.0 Å². The molecule has 0 atom stereocenters. The molecule has 1 fully saturated rings. The van der Waals surface area contributed by atoms with Gasteiger partial charge in [-0.15, -0.1) is 0 Å². The third kappa shape index (κ3) is 7.61. The van der Waals surface area contributed by atoms with E-state index in [1.165, 1.54) is 42.5 Å². The van der Waals surface area contributed by atoms with E-state index in [1.54, 1.807) is 24.3 Å². The summed E-state index contributed by atoms with van der Waals surface area (Å²) in [5.74, 6) is 0.496. The number of carbonyl (C=O) groups is 1. The lowest BCUT2D eigenvalue weighted by molar-refractivity contribution is 0.0950. The van der Waals surface area contributed by atoms with Gasteiger partial charge in [-0.1, -0.05) is 35.3 Å². The van der Waals surface area contributed by atoms with Gasteiger partial charge < -0.3 is 19.9 Å². The van der Waals surface area contributed by atoms with E-state index in [0.717, 1.165) is 39.1 Å². The number of halogens is 2. The first-order valence-electron chi connectivity index (χ1n) is 12.3. The molecule has 4 rings (SSSR count). The standard InChI is InChI=1S/C27H30Cl2N4O4S/c1-32-15-17-33(18-16-32)14-4-13-30-27(34)23-19-20(28)7-12-25(23)31-38(35,36)22-10-8-21(9-11-22)37-26-6-3-2-5-24(26)29/h2-3,5-12,19,31H,4,13-18H2,1H3,(H,30,34). The van der Waals surface area contributed by atoms with Crippen molar-refractivity contribution in [3.8, 4) is 11.5 Å². The molecule has 0 saturated carbocycles. The minimum absolute atomic E-state index is 0.0116. The number of rotatable bonds is 10. The molecule has 1 heterocycles. The molecule has 0 aliphatic carbocycles. The molecule has 38 heavy (non-hydrogen) atoms. The van der Waals surface area contributed by atoms with E-state index < -0.39 is 15.9 Å². The number of nitrogens with zero attached hydrogens (tertiary/aromatic N) is 2. The number of nitrogens with one attached hydrogen (secondary N) is 2. The van der Waals surface area contributed by atoms with Crippen LogP contribution in [0.3, 0.4) is 0 Å². The minimum Gasteiger partial charge on any atom is -0.456 e. The predicted molar refractivity (Wildman–Crippen MR) is 151 cm³/mol. The van der Waals surface area contributed by atoms with Crippen molar-refractivity contribution >= 4 is 44.8 Å². The van der Waals surface area contributed by atoms with Crippen LogP contribution in [0.15, 0.2) is 71.6 Å². The first-order valence-corrected chi connectivity index (χ1v) is 14.5. The van der Waals surface area contributed by atoms with Gasteiger partial charge in [-0.3, -0.25) is 9.52 Å². The smallest absolute Gasteiger partial charge is 0.261 e. The zero-order valence-electron chi connectivity index (χ0n) is 21.0. The summed E-state index contributed by atoms with van der Waals surface area (Å²) in [6.07, 6.45) is 0.791. The zero-order chi connectivity index (χ0) is 27.1. The van der Waals surface area contributed by atoms with Crippen LogP contribution in [0.5, 0.6) is 11.5 Å². The van der Waals surface area contributed by atoms with Gasteiger partial charge in [0.15, 0.2) is 0 Å². The molecule has 3 aromatic carbocycles. The van der Waals surface area contributed by atoms with Gasteiger partial charge >= 0.3 is 0 Å². The second-order valence-electron chi connectivity index (χ2n) is 9.05. The summed E-state index contributed by atoms with van der Waals surface area (Å²) in [7, 11) is -1.88. The van der Waals surface area contributed by atoms with Crippen LogP contribution in [0.4, 0.5) is 5.69 Å². The number of hydrogen-bond acceptors (Lipinski definition) is 6. The molecular formula is C27H30Cl2N4O4S. The van der Waals surface area contributed by atoms with E-state index >= 15 is 0 Å². The number of benzene rings is 3. The molecule has 8 nitrogen and oxygen atoms in total. The summed E-state index contributed by atoms with van der Waals surface area (Å²) in [6.45, 7) is 5.46. The number of para-hydroxylation sites is 1. The molecule has 202 valence electrons. The first-order chi connectivity index (χ1) is 18.2. The summed E-state index contributed by atoms with van der Waals surface area (Å²) in [5.41, 5.74) is 0.293. The third-order valence-electron chi connectivity index (χ3n) is 6.20. The maximum absolute atomic E-state index is 13.1. The number of piperazine rings is 1. The average molecular weight is 578 g/mol. The molecule has 3 aromatic rings. The molecule has 1 aliphatic heterocycles. The Morgan fingerprint density at radius 1 is 0.974 bits per heavy atom. The van der Waals surface area contributed by atoms with Gasteiger partial charge in [0.05, 0.1) is 21.2 Å². The highest BCUT2D eigenvalue weighted by Crippen LogP contribution is 2.30. The lowest BCUT2D eigenvalue weighted by Gasteiger charge is -2.32. The van der Waals surface area contributed by atoms with Crippen LogP contribution in [0.1, 0.15) is 16.8 Å². The molecule has 1 amide bonds. The number of amides is 1. The molecule has 0 aromatic heterocycles. The summed E-state index contributed by atoms with van der Waals surface area (Å²) in [4.78, 5) is 17.6. The van der Waals surface area contributed by atoms with E-state index in [1.807, 2.05) is 0 Å². The second kappa shape index (κ2) is 12.8. The number of hydrogen-bond donors (Lipinski definition) is 2. The van der Waals surface area contributed by atoms with Crippen molar-refractivity contribution in [2.45, 2.75) is 11.3 Å². The second-order valence-corrected chi connectivity index (χ2v) is 11.6. The van der Waals surface area contributed by atoms with Crippen molar-refractivity contribution in [3.63, 3.8) is 0 Å². The Kier molecular flexibility index (Phi) is 9.51. The fraction of sp³-hybridized carbons (Fsp3) is 0.296. The summed E-state index contributed by atoms with van der Waals surface area (Å²) >= 11 is 12.3. The molecule has 2 N–H and O–H groups in total. The van der Waals surface area contributed by atoms with Crippen molar-refractivity contribution < 1.29 is 17.9 Å². The van der Waals surface area contributed by atoms with Crippen LogP contribution >= 0.6 is 23.2 Å². The molecule has 1 aliphatic rings. The Morgan fingerprint density at radius 2 is 1.68 bits per heavy atom. The Bertz CT molecular complexity index is 1360. The quantitative estimate of drug-likeness (QED) is 0.332. The zero-order valence-corrected chi connectivity index (χ0v) is 23.3. The highest BCUT2D eigenvalue weighted by molar-refractivity contribution is 7.92. The fourth-order valence-electron chi connectivity index (χ4n) is 4.01. The van der Waals surface area contributed by atoms with Crippen LogP contribution in [0, 0.1) is 0 Å². The third-order valence-corrected chi connectivity index (χ3v) is 8.13. The maximum atomic E-state index is 13.1. The van der Waals surface area contributed by atoms with Crippen molar-refractivity contribution in [3.05, 3.63) is 82.3 Å². The highest BCUT2D eigenvalue weighted by atomic mass is 35.5. The van der Waals surface area contributed by atoms with Crippen molar-refractivity contribution in [1.82, 2.24) is 15.1 Å². The van der Waals surface area contributed by atoms with Gasteiger partial charge in [-0.05, 0) is 74.6 Å². The van der Waals surface area contributed by atoms with Crippen LogP contribution < -0.4 is 14.8 Å². The first kappa shape index (κ1) is 28.2. The summed E-state index contributed by atoms with van der Waals surface area (Å²) in [6, 6.07) is 17.4. The van der Waals surface area contributed by atoms with Gasteiger partial charge in [0.1, 0.15) is 11.5 Å². The number of likely N-dealkylation sites (N-methyl/N-ethyl adjacent to an activating group) is 1. The Balaban J connectivity index is 1.38. The van der Waals surface area contributed by atoms with E-state index in [-0.39, 0.29) is 16.1 Å². The fourth-order valence-corrected chi connectivity index (χ4v) is 5.44. The van der Waals surface area contributed by atoms with Gasteiger partial charge in [0.2, 0.25) is 0 Å². The molecule has 11 heteroatoms. The Morgan fingerprint density at radius 3 is 2.39 bits per heavy atom. The van der Waals surface area contributed by atoms with Gasteiger partial charge in [-0.25, -0.2) is 8.42 Å². The van der Waals surface area contributed by atoms with Gasteiger partial charge in [0.25, 0.3) is 15.9 Å². The van der Waals surface area contributed by atoms with E-state index in [9.17, 15) is 13.2 Å². The molecule has 0 radical (unpaired) electrons. The van der Waals surface area contributed by atoms with Crippen molar-refractivity contribution in [2.24, 2.45) is 0 Å². The Labute approximate surface area is 233 Å². The van der Waals surface area contributed by atoms with Crippen LogP contribution in [-0.2, 0) is 10.0 Å². The number of sulfonamides is 1. The summed E-state index contributed by atoms with van der Waals surface area (Å²) in [5, 5.41) is 3.65. The van der Waals surface area contributed by atoms with E-state index in [0.29, 0.717) is 28.1 Å². The Hall–Kier alpha value is -2.82. The normalized spacial score (nSPS) is 14.7. The highest BCUT2D eigenvalue weighted by Gasteiger charge is 2.20.